The summed E-state index contributed by atoms with van der Waals surface area (Å²) in [5, 5.41) is 21.7. The van der Waals surface area contributed by atoms with Gasteiger partial charge in [0, 0.05) is 43.4 Å². The topological polar surface area (TPSA) is 141 Å². The van der Waals surface area contributed by atoms with Crippen molar-refractivity contribution in [2.45, 2.75) is 59.1 Å². The highest BCUT2D eigenvalue weighted by atomic mass is 16.6. The molecule has 0 aliphatic carbocycles. The Morgan fingerprint density at radius 2 is 1.84 bits per heavy atom. The Labute approximate surface area is 252 Å². The van der Waals surface area contributed by atoms with Crippen LogP contribution in [0.1, 0.15) is 78.4 Å². The van der Waals surface area contributed by atoms with Gasteiger partial charge in [0.2, 0.25) is 0 Å². The molecule has 11 nitrogen and oxygen atoms in total. The van der Waals surface area contributed by atoms with Crippen molar-refractivity contribution in [3.8, 4) is 11.5 Å². The van der Waals surface area contributed by atoms with Gasteiger partial charge in [-0.1, -0.05) is 20.8 Å². The van der Waals surface area contributed by atoms with Crippen LogP contribution < -0.4 is 19.7 Å². The van der Waals surface area contributed by atoms with Crippen LogP contribution in [0.3, 0.4) is 0 Å². The first-order valence-electron chi connectivity index (χ1n) is 14.7. The molecule has 2 heterocycles. The molecule has 3 N–H and O–H groups in total. The molecular weight excluding hydrogens is 552 g/mol. The lowest BCUT2D eigenvalue weighted by molar-refractivity contribution is -0.145. The largest absolute Gasteiger partial charge is 0.493 e. The third-order valence-electron chi connectivity index (χ3n) is 7.59. The monoisotopic (exact) mass is 594 g/mol. The number of β-amino-alcohol motifs (C(OH)–C–C–N with tert-alkyl or cyclic N) is 1. The number of nitrogens with one attached hydrogen (secondary N) is 2. The Kier molecular flexibility index (Phi) is 9.64. The fraction of sp³-hybridized carbons (Fsp3) is 0.500. The molecule has 1 saturated heterocycles. The molecule has 1 fully saturated rings. The molecule has 2 aromatic carbocycles. The van der Waals surface area contributed by atoms with Crippen LogP contribution in [0.25, 0.3) is 0 Å². The summed E-state index contributed by atoms with van der Waals surface area (Å²) >= 11 is 0. The number of carbonyl (C=O) groups is 3. The van der Waals surface area contributed by atoms with Crippen molar-refractivity contribution >= 4 is 29.2 Å². The molecule has 1 atom stereocenters. The van der Waals surface area contributed by atoms with Crippen LogP contribution in [-0.4, -0.2) is 86.1 Å². The minimum absolute atomic E-state index is 0.0541. The lowest BCUT2D eigenvalue weighted by atomic mass is 9.84. The second-order valence-corrected chi connectivity index (χ2v) is 11.7. The standard InChI is InChI=1S/C32H42N4O7/c1-7-41-27-13-20-15-36(30(33)22(20)14-23(27)31(40)34-6)17-26(38)19-11-24(32(3,4)5)29(43-18-28(39)42-8-2)25(12-19)35-10-9-21(37)16-35/h11-14,21,33,37H,7-10,15-18H2,1-6H3,(H,34,40). The van der Waals surface area contributed by atoms with Gasteiger partial charge in [0.25, 0.3) is 5.91 Å². The van der Waals surface area contributed by atoms with Gasteiger partial charge in [-0.15, -0.1) is 0 Å². The number of carbonyl (C=O) groups excluding carboxylic acids is 3. The van der Waals surface area contributed by atoms with E-state index in [-0.39, 0.29) is 37.3 Å². The predicted molar refractivity (Wildman–Crippen MR) is 163 cm³/mol. The van der Waals surface area contributed by atoms with Crippen LogP contribution in [0.4, 0.5) is 5.69 Å². The Bertz CT molecular complexity index is 1420. The third kappa shape index (κ3) is 6.93. The molecule has 2 aliphatic rings. The molecule has 0 saturated carbocycles. The maximum Gasteiger partial charge on any atom is 0.344 e. The van der Waals surface area contributed by atoms with Crippen LogP contribution in [0.15, 0.2) is 24.3 Å². The molecule has 1 amide bonds. The molecule has 11 heteroatoms. The van der Waals surface area contributed by atoms with E-state index in [1.807, 2.05) is 32.6 Å². The molecule has 4 rings (SSSR count). The number of anilines is 1. The van der Waals surface area contributed by atoms with E-state index in [1.165, 1.54) is 7.05 Å². The zero-order valence-corrected chi connectivity index (χ0v) is 25.8. The zero-order valence-electron chi connectivity index (χ0n) is 25.8. The van der Waals surface area contributed by atoms with E-state index in [1.54, 1.807) is 36.1 Å². The number of fused-ring (bicyclic) bond motifs is 1. The van der Waals surface area contributed by atoms with E-state index in [0.29, 0.717) is 66.5 Å². The molecule has 1 unspecified atom stereocenters. The smallest absolute Gasteiger partial charge is 0.344 e. The number of esters is 1. The van der Waals surface area contributed by atoms with Crippen molar-refractivity contribution in [3.05, 3.63) is 52.1 Å². The van der Waals surface area contributed by atoms with Crippen molar-refractivity contribution in [3.63, 3.8) is 0 Å². The Balaban J connectivity index is 1.67. The van der Waals surface area contributed by atoms with E-state index in [9.17, 15) is 19.5 Å². The highest BCUT2D eigenvalue weighted by Gasteiger charge is 2.33. The van der Waals surface area contributed by atoms with Gasteiger partial charge in [0.15, 0.2) is 12.4 Å². The number of ketones is 1. The van der Waals surface area contributed by atoms with Crippen LogP contribution in [0.5, 0.6) is 11.5 Å². The number of amidine groups is 1. The van der Waals surface area contributed by atoms with Gasteiger partial charge in [-0.2, -0.15) is 0 Å². The minimum Gasteiger partial charge on any atom is -0.493 e. The Morgan fingerprint density at radius 3 is 2.44 bits per heavy atom. The van der Waals surface area contributed by atoms with Gasteiger partial charge in [0.1, 0.15) is 17.3 Å². The number of benzene rings is 2. The molecule has 0 bridgehead atoms. The number of Topliss-reactive ketones (excluding diaryl/α,β-unsaturated/α-hetero) is 1. The summed E-state index contributed by atoms with van der Waals surface area (Å²) in [6.45, 7) is 11.1. The second-order valence-electron chi connectivity index (χ2n) is 11.7. The minimum atomic E-state index is -0.514. The maximum absolute atomic E-state index is 13.9. The van der Waals surface area contributed by atoms with Crippen molar-refractivity contribution < 1.29 is 33.7 Å². The number of aliphatic hydroxyl groups excluding tert-OH is 1. The maximum atomic E-state index is 13.9. The fourth-order valence-electron chi connectivity index (χ4n) is 5.43. The average molecular weight is 595 g/mol. The summed E-state index contributed by atoms with van der Waals surface area (Å²) in [7, 11) is 1.54. The van der Waals surface area contributed by atoms with Gasteiger partial charge < -0.3 is 34.4 Å². The first-order chi connectivity index (χ1) is 20.4. The fourth-order valence-corrected chi connectivity index (χ4v) is 5.43. The first kappa shape index (κ1) is 31.8. The molecule has 2 aromatic rings. The van der Waals surface area contributed by atoms with Gasteiger partial charge in [0.05, 0.1) is 37.1 Å². The van der Waals surface area contributed by atoms with E-state index < -0.39 is 17.5 Å². The van der Waals surface area contributed by atoms with E-state index in [4.69, 9.17) is 19.6 Å². The van der Waals surface area contributed by atoms with Gasteiger partial charge >= 0.3 is 5.97 Å². The average Bonchev–Trinajstić information content (AvgIpc) is 3.52. The Morgan fingerprint density at radius 1 is 1.09 bits per heavy atom. The lowest BCUT2D eigenvalue weighted by Crippen LogP contribution is -2.31. The number of hydrogen-bond donors (Lipinski definition) is 3. The predicted octanol–water partition coefficient (Wildman–Crippen LogP) is 3.28. The van der Waals surface area contributed by atoms with Crippen LogP contribution in [-0.2, 0) is 21.5 Å². The highest BCUT2D eigenvalue weighted by molar-refractivity contribution is 6.08. The van der Waals surface area contributed by atoms with Gasteiger partial charge in [-0.25, -0.2) is 4.79 Å². The summed E-state index contributed by atoms with van der Waals surface area (Å²) < 4.78 is 16.8. The van der Waals surface area contributed by atoms with E-state index >= 15 is 0 Å². The number of rotatable bonds is 11. The summed E-state index contributed by atoms with van der Waals surface area (Å²) in [4.78, 5) is 42.2. The SMILES string of the molecule is CCOC(=O)COc1c(N2CCC(O)C2)cc(C(=O)CN2Cc3cc(OCC)c(C(=O)NC)cc3C2=N)cc1C(C)(C)C. The first-order valence-corrected chi connectivity index (χ1v) is 14.7. The van der Waals surface area contributed by atoms with Gasteiger partial charge in [-0.3, -0.25) is 15.0 Å². The summed E-state index contributed by atoms with van der Waals surface area (Å²) in [6, 6.07) is 6.96. The van der Waals surface area contributed by atoms with Crippen molar-refractivity contribution in [1.29, 1.82) is 5.41 Å². The van der Waals surface area contributed by atoms with Crippen molar-refractivity contribution in [1.82, 2.24) is 10.2 Å². The quantitative estimate of drug-likeness (QED) is 0.264. The van der Waals surface area contributed by atoms with Crippen molar-refractivity contribution in [2.75, 3.05) is 51.4 Å². The highest BCUT2D eigenvalue weighted by Crippen LogP contribution is 2.42. The number of amides is 1. The molecule has 2 aliphatic heterocycles. The zero-order chi connectivity index (χ0) is 31.5. The number of ether oxygens (including phenoxy) is 3. The lowest BCUT2D eigenvalue weighted by Gasteiger charge is -2.29. The summed E-state index contributed by atoms with van der Waals surface area (Å²) in [5.74, 6) is 0.0783. The summed E-state index contributed by atoms with van der Waals surface area (Å²) in [6.07, 6.45) is 0.0610. The van der Waals surface area contributed by atoms with Gasteiger partial charge in [-0.05, 0) is 55.5 Å². The molecule has 0 spiro atoms. The normalized spacial score (nSPS) is 16.3. The Hall–Kier alpha value is -4.12. The molecule has 0 aromatic heterocycles. The number of nitrogens with zero attached hydrogens (tertiary/aromatic N) is 2. The van der Waals surface area contributed by atoms with Crippen LogP contribution >= 0.6 is 0 Å². The molecular formula is C32H42N4O7. The molecule has 0 radical (unpaired) electrons. The molecule has 232 valence electrons. The van der Waals surface area contributed by atoms with Crippen molar-refractivity contribution in [2.24, 2.45) is 0 Å². The summed E-state index contributed by atoms with van der Waals surface area (Å²) in [5.41, 5.74) is 3.10. The number of aliphatic hydroxyl groups is 1. The third-order valence-corrected chi connectivity index (χ3v) is 7.59. The van der Waals surface area contributed by atoms with E-state index in [2.05, 4.69) is 5.32 Å². The second kappa shape index (κ2) is 13.0. The number of hydrogen-bond acceptors (Lipinski definition) is 9. The van der Waals surface area contributed by atoms with E-state index in [0.717, 1.165) is 11.1 Å². The molecule has 43 heavy (non-hydrogen) atoms. The van der Waals surface area contributed by atoms with Crippen LogP contribution in [0.2, 0.25) is 0 Å². The van der Waals surface area contributed by atoms with Crippen LogP contribution in [0, 0.1) is 5.41 Å².